The molecule has 0 N–H and O–H groups in total. The van der Waals surface area contributed by atoms with Crippen molar-refractivity contribution in [3.8, 4) is 0 Å². The van der Waals surface area contributed by atoms with E-state index in [0.717, 1.165) is 0 Å². The maximum Gasteiger partial charge on any atom is 0.309 e. The average Bonchev–Trinajstić information content (AvgIpc) is 2.94. The van der Waals surface area contributed by atoms with Crippen LogP contribution in [-0.2, 0) is 9.53 Å². The van der Waals surface area contributed by atoms with Crippen LogP contribution in [0.4, 0.5) is 0 Å². The number of hydrogen-bond acceptors (Lipinski definition) is 6. The van der Waals surface area contributed by atoms with Crippen molar-refractivity contribution in [1.82, 2.24) is 10.1 Å². The number of aryl methyl sites for hydroxylation is 1. The van der Waals surface area contributed by atoms with Crippen molar-refractivity contribution in [2.75, 3.05) is 0 Å². The summed E-state index contributed by atoms with van der Waals surface area (Å²) in [5, 5.41) is 4.20. The van der Waals surface area contributed by atoms with Crippen molar-refractivity contribution in [1.29, 1.82) is 0 Å². The summed E-state index contributed by atoms with van der Waals surface area (Å²) in [7, 11) is 0. The van der Waals surface area contributed by atoms with Gasteiger partial charge in [-0.05, 0) is 38.1 Å². The minimum Gasteiger partial charge on any atom is -0.452 e. The van der Waals surface area contributed by atoms with E-state index in [2.05, 4.69) is 10.1 Å². The van der Waals surface area contributed by atoms with Gasteiger partial charge in [0, 0.05) is 17.0 Å². The van der Waals surface area contributed by atoms with Gasteiger partial charge in [-0.3, -0.25) is 9.59 Å². The van der Waals surface area contributed by atoms with Gasteiger partial charge < -0.3 is 9.26 Å². The zero-order chi connectivity index (χ0) is 17.0. The molecule has 0 bridgehead atoms. The number of aromatic nitrogens is 2. The summed E-state index contributed by atoms with van der Waals surface area (Å²) in [4.78, 5) is 28.2. The van der Waals surface area contributed by atoms with Crippen LogP contribution in [-0.4, -0.2) is 21.9 Å². The second-order valence-corrected chi connectivity index (χ2v) is 5.73. The first-order chi connectivity index (χ1) is 10.9. The number of halogens is 1. The van der Waals surface area contributed by atoms with Gasteiger partial charge in [-0.15, -0.1) is 0 Å². The minimum atomic E-state index is -0.656. The van der Waals surface area contributed by atoms with E-state index in [1.807, 2.05) is 0 Å². The normalized spacial score (nSPS) is 13.4. The molecule has 122 valence electrons. The third kappa shape index (κ3) is 4.63. The van der Waals surface area contributed by atoms with Crippen LogP contribution < -0.4 is 0 Å². The standard InChI is InChI=1S/C16H17ClN2O4/c1-9(8-14(20)12-4-6-13(17)7-5-12)16(21)22-10(2)15-18-11(3)19-23-15/h4-7,9-10H,8H2,1-3H3/t9-,10-/m1/s1. The maximum absolute atomic E-state index is 12.1. The third-order valence-electron chi connectivity index (χ3n) is 3.24. The van der Waals surface area contributed by atoms with Crippen LogP contribution in [0.3, 0.4) is 0 Å². The quantitative estimate of drug-likeness (QED) is 0.592. The van der Waals surface area contributed by atoms with Gasteiger partial charge in [-0.2, -0.15) is 4.98 Å². The summed E-state index contributed by atoms with van der Waals surface area (Å²) in [5.74, 6) is -0.520. The van der Waals surface area contributed by atoms with Crippen LogP contribution >= 0.6 is 11.6 Å². The fourth-order valence-corrected chi connectivity index (χ4v) is 2.06. The predicted molar refractivity (Wildman–Crippen MR) is 83.1 cm³/mol. The molecule has 7 heteroatoms. The number of ketones is 1. The summed E-state index contributed by atoms with van der Waals surface area (Å²) < 4.78 is 10.2. The van der Waals surface area contributed by atoms with Crippen molar-refractivity contribution >= 4 is 23.4 Å². The Morgan fingerprint density at radius 1 is 1.26 bits per heavy atom. The zero-order valence-corrected chi connectivity index (χ0v) is 13.8. The van der Waals surface area contributed by atoms with E-state index in [0.29, 0.717) is 16.4 Å². The first-order valence-electron chi connectivity index (χ1n) is 7.16. The molecule has 0 saturated heterocycles. The lowest BCUT2D eigenvalue weighted by Crippen LogP contribution is -2.20. The van der Waals surface area contributed by atoms with Crippen molar-refractivity contribution in [2.45, 2.75) is 33.3 Å². The van der Waals surface area contributed by atoms with Gasteiger partial charge >= 0.3 is 5.97 Å². The molecule has 0 fully saturated rings. The van der Waals surface area contributed by atoms with E-state index < -0.39 is 18.0 Å². The summed E-state index contributed by atoms with van der Waals surface area (Å²) in [6.07, 6.45) is -0.604. The molecular formula is C16H17ClN2O4. The lowest BCUT2D eigenvalue weighted by Gasteiger charge is -2.13. The Hall–Kier alpha value is -2.21. The Labute approximate surface area is 138 Å². The Bertz CT molecular complexity index is 696. The molecule has 0 amide bonds. The van der Waals surface area contributed by atoms with Crippen LogP contribution in [0.15, 0.2) is 28.8 Å². The van der Waals surface area contributed by atoms with Crippen molar-refractivity contribution in [3.05, 3.63) is 46.6 Å². The monoisotopic (exact) mass is 336 g/mol. The van der Waals surface area contributed by atoms with Gasteiger partial charge in [0.1, 0.15) is 0 Å². The van der Waals surface area contributed by atoms with Gasteiger partial charge in [0.05, 0.1) is 5.92 Å². The van der Waals surface area contributed by atoms with Crippen LogP contribution in [0.25, 0.3) is 0 Å². The van der Waals surface area contributed by atoms with Crippen LogP contribution in [0.2, 0.25) is 5.02 Å². The molecule has 0 aliphatic heterocycles. The maximum atomic E-state index is 12.1. The average molecular weight is 337 g/mol. The number of nitrogens with zero attached hydrogens (tertiary/aromatic N) is 2. The Morgan fingerprint density at radius 2 is 1.91 bits per heavy atom. The molecular weight excluding hydrogens is 320 g/mol. The SMILES string of the molecule is Cc1noc([C@@H](C)OC(=O)[C@H](C)CC(=O)c2ccc(Cl)cc2)n1. The molecule has 0 saturated carbocycles. The smallest absolute Gasteiger partial charge is 0.309 e. The fraction of sp³-hybridized carbons (Fsp3) is 0.375. The highest BCUT2D eigenvalue weighted by atomic mass is 35.5. The number of rotatable bonds is 6. The molecule has 1 heterocycles. The van der Waals surface area contributed by atoms with Gasteiger partial charge in [0.15, 0.2) is 17.7 Å². The van der Waals surface area contributed by atoms with Crippen LogP contribution in [0, 0.1) is 12.8 Å². The molecule has 0 unspecified atom stereocenters. The second-order valence-electron chi connectivity index (χ2n) is 5.29. The number of Topliss-reactive ketones (excluding diaryl/α,β-unsaturated/α-hetero) is 1. The molecule has 1 aromatic heterocycles. The molecule has 6 nitrogen and oxygen atoms in total. The van der Waals surface area contributed by atoms with E-state index >= 15 is 0 Å². The molecule has 0 aliphatic carbocycles. The van der Waals surface area contributed by atoms with Crippen molar-refractivity contribution in [3.63, 3.8) is 0 Å². The number of benzene rings is 1. The van der Waals surface area contributed by atoms with E-state index in [1.54, 1.807) is 45.0 Å². The molecule has 0 radical (unpaired) electrons. The molecule has 23 heavy (non-hydrogen) atoms. The van der Waals surface area contributed by atoms with Crippen LogP contribution in [0.1, 0.15) is 48.4 Å². The highest BCUT2D eigenvalue weighted by Crippen LogP contribution is 2.19. The summed E-state index contributed by atoms with van der Waals surface area (Å²) in [6, 6.07) is 6.54. The lowest BCUT2D eigenvalue weighted by molar-refractivity contribution is -0.154. The number of hydrogen-bond donors (Lipinski definition) is 0. The number of carbonyl (C=O) groups is 2. The molecule has 2 rings (SSSR count). The molecule has 0 aliphatic rings. The summed E-state index contributed by atoms with van der Waals surface area (Å²) in [6.45, 7) is 4.95. The Balaban J connectivity index is 1.91. The molecule has 0 spiro atoms. The highest BCUT2D eigenvalue weighted by Gasteiger charge is 2.24. The Kier molecular flexibility index (Phi) is 5.50. The van der Waals surface area contributed by atoms with Crippen molar-refractivity contribution < 1.29 is 18.8 Å². The van der Waals surface area contributed by atoms with Gasteiger partial charge in [-0.25, -0.2) is 0 Å². The number of carbonyl (C=O) groups excluding carboxylic acids is 2. The van der Waals surface area contributed by atoms with E-state index in [1.165, 1.54) is 0 Å². The lowest BCUT2D eigenvalue weighted by atomic mass is 10.00. The van der Waals surface area contributed by atoms with E-state index in [-0.39, 0.29) is 18.1 Å². The molecule has 2 atom stereocenters. The Morgan fingerprint density at radius 3 is 2.48 bits per heavy atom. The third-order valence-corrected chi connectivity index (χ3v) is 3.50. The van der Waals surface area contributed by atoms with Gasteiger partial charge in [0.25, 0.3) is 5.89 Å². The van der Waals surface area contributed by atoms with Crippen molar-refractivity contribution in [2.24, 2.45) is 5.92 Å². The van der Waals surface area contributed by atoms with Gasteiger partial charge in [0.2, 0.25) is 0 Å². The topological polar surface area (TPSA) is 82.3 Å². The summed E-state index contributed by atoms with van der Waals surface area (Å²) >= 11 is 5.78. The molecule has 1 aromatic carbocycles. The minimum absolute atomic E-state index is 0.0516. The van der Waals surface area contributed by atoms with Gasteiger partial charge in [-0.1, -0.05) is 23.7 Å². The van der Waals surface area contributed by atoms with E-state index in [9.17, 15) is 9.59 Å². The number of ether oxygens (including phenoxy) is 1. The first-order valence-corrected chi connectivity index (χ1v) is 7.54. The van der Waals surface area contributed by atoms with E-state index in [4.69, 9.17) is 20.9 Å². The highest BCUT2D eigenvalue weighted by molar-refractivity contribution is 6.30. The predicted octanol–water partition coefficient (Wildman–Crippen LogP) is 3.54. The van der Waals surface area contributed by atoms with Crippen LogP contribution in [0.5, 0.6) is 0 Å². The molecule has 2 aromatic rings. The fourth-order valence-electron chi connectivity index (χ4n) is 1.93. The summed E-state index contributed by atoms with van der Waals surface area (Å²) in [5.41, 5.74) is 0.509. The zero-order valence-electron chi connectivity index (χ0n) is 13.1. The first kappa shape index (κ1) is 17.1. The second kappa shape index (κ2) is 7.37. The largest absolute Gasteiger partial charge is 0.452 e. The number of esters is 1.